The lowest BCUT2D eigenvalue weighted by Gasteiger charge is -2.43. The first-order chi connectivity index (χ1) is 12.7. The maximum absolute atomic E-state index is 13.3. The maximum atomic E-state index is 13.3. The smallest absolute Gasteiger partial charge is 0.267 e. The lowest BCUT2D eigenvalue weighted by Crippen LogP contribution is -2.58. The second-order valence-corrected chi connectivity index (χ2v) is 7.40. The fourth-order valence-electron chi connectivity index (χ4n) is 2.83. The van der Waals surface area contributed by atoms with Crippen LogP contribution in [0.3, 0.4) is 0 Å². The van der Waals surface area contributed by atoms with Gasteiger partial charge in [0.15, 0.2) is 0 Å². The summed E-state index contributed by atoms with van der Waals surface area (Å²) in [5.74, 6) is 2.09. The van der Waals surface area contributed by atoms with E-state index >= 15 is 0 Å². The van der Waals surface area contributed by atoms with Gasteiger partial charge in [-0.1, -0.05) is 23.6 Å². The first kappa shape index (κ1) is 20.3. The van der Waals surface area contributed by atoms with Crippen LogP contribution >= 0.6 is 0 Å². The Morgan fingerprint density at radius 2 is 1.41 bits per heavy atom. The molecule has 0 heterocycles. The van der Waals surface area contributed by atoms with E-state index in [1.54, 1.807) is 36.4 Å². The van der Waals surface area contributed by atoms with Crippen LogP contribution in [0.5, 0.6) is 0 Å². The van der Waals surface area contributed by atoms with Gasteiger partial charge in [-0.2, -0.15) is 0 Å². The van der Waals surface area contributed by atoms with Crippen LogP contribution < -0.4 is 0 Å². The summed E-state index contributed by atoms with van der Waals surface area (Å²) in [6, 6.07) is 14.2. The molecule has 0 fully saturated rings. The maximum Gasteiger partial charge on any atom is 0.272 e. The van der Waals surface area contributed by atoms with Crippen LogP contribution in [-0.4, -0.2) is 33.9 Å². The van der Waals surface area contributed by atoms with Gasteiger partial charge in [-0.15, -0.1) is 6.42 Å². The number of hydrazine groups is 1. The zero-order valence-electron chi connectivity index (χ0n) is 16.6. The molecule has 0 spiro atoms. The Balaban J connectivity index is 2.43. The number of carbonyl (C=O) groups is 2. The van der Waals surface area contributed by atoms with Gasteiger partial charge < -0.3 is 0 Å². The van der Waals surface area contributed by atoms with Gasteiger partial charge in [-0.25, -0.2) is 10.0 Å². The van der Waals surface area contributed by atoms with E-state index in [1.807, 2.05) is 46.8 Å². The molecular formula is C23H26N2O2. The number of terminal acetylenes is 1. The van der Waals surface area contributed by atoms with Gasteiger partial charge in [0.05, 0.1) is 5.54 Å². The standard InChI is InChI=1S/C23H26N2O2/c1-7-18-11-15-20(16-12-18)22(27)25(23(4,5)6)24(8-2)21(26)19-13-9-17(3)10-14-19/h1,9-16H,8H2,2-6H3. The first-order valence-corrected chi connectivity index (χ1v) is 8.98. The number of aryl methyl sites for hydroxylation is 1. The molecular weight excluding hydrogens is 336 g/mol. The van der Waals surface area contributed by atoms with E-state index in [-0.39, 0.29) is 11.8 Å². The van der Waals surface area contributed by atoms with Crippen LogP contribution in [0.25, 0.3) is 0 Å². The summed E-state index contributed by atoms with van der Waals surface area (Å²) in [6.07, 6.45) is 5.39. The summed E-state index contributed by atoms with van der Waals surface area (Å²) < 4.78 is 0. The van der Waals surface area contributed by atoms with Crippen LogP contribution in [0.1, 0.15) is 59.5 Å². The van der Waals surface area contributed by atoms with Crippen LogP contribution in [0.2, 0.25) is 0 Å². The molecule has 0 unspecified atom stereocenters. The van der Waals surface area contributed by atoms with E-state index in [0.29, 0.717) is 23.2 Å². The lowest BCUT2D eigenvalue weighted by molar-refractivity contribution is -0.0410. The van der Waals surface area contributed by atoms with Crippen molar-refractivity contribution >= 4 is 11.8 Å². The number of hydrogen-bond acceptors (Lipinski definition) is 2. The summed E-state index contributed by atoms with van der Waals surface area (Å²) in [5, 5.41) is 3.03. The molecule has 2 rings (SSSR count). The van der Waals surface area contributed by atoms with Crippen molar-refractivity contribution in [3.8, 4) is 12.3 Å². The highest BCUT2D eigenvalue weighted by Crippen LogP contribution is 2.22. The number of benzene rings is 2. The average molecular weight is 362 g/mol. The van der Waals surface area contributed by atoms with Gasteiger partial charge in [-0.3, -0.25) is 9.59 Å². The molecule has 2 aromatic rings. The number of rotatable bonds is 3. The predicted octanol–water partition coefficient (Wildman–Crippen LogP) is 4.29. The zero-order valence-corrected chi connectivity index (χ0v) is 16.6. The largest absolute Gasteiger partial charge is 0.272 e. The fourth-order valence-corrected chi connectivity index (χ4v) is 2.83. The summed E-state index contributed by atoms with van der Waals surface area (Å²) >= 11 is 0. The summed E-state index contributed by atoms with van der Waals surface area (Å²) in [4.78, 5) is 26.4. The molecule has 27 heavy (non-hydrogen) atoms. The molecule has 0 aliphatic rings. The molecule has 2 aromatic carbocycles. The van der Waals surface area contributed by atoms with Crippen molar-refractivity contribution < 1.29 is 9.59 Å². The highest BCUT2D eigenvalue weighted by atomic mass is 16.2. The number of carbonyl (C=O) groups excluding carboxylic acids is 2. The van der Waals surface area contributed by atoms with Crippen molar-refractivity contribution in [2.75, 3.05) is 6.54 Å². The van der Waals surface area contributed by atoms with Crippen molar-refractivity contribution in [1.29, 1.82) is 0 Å². The van der Waals surface area contributed by atoms with Crippen molar-refractivity contribution in [2.24, 2.45) is 0 Å². The minimum Gasteiger partial charge on any atom is -0.267 e. The molecule has 0 radical (unpaired) electrons. The summed E-state index contributed by atoms with van der Waals surface area (Å²) in [7, 11) is 0. The van der Waals surface area contributed by atoms with E-state index in [0.717, 1.165) is 5.56 Å². The zero-order chi connectivity index (χ0) is 20.2. The summed E-state index contributed by atoms with van der Waals surface area (Å²) in [5.41, 5.74) is 2.23. The van der Waals surface area contributed by atoms with E-state index in [4.69, 9.17) is 6.42 Å². The van der Waals surface area contributed by atoms with Gasteiger partial charge in [0, 0.05) is 23.2 Å². The second kappa shape index (κ2) is 8.09. The normalized spacial score (nSPS) is 10.8. The lowest BCUT2D eigenvalue weighted by atomic mass is 10.0. The molecule has 4 heteroatoms. The molecule has 0 aliphatic carbocycles. The quantitative estimate of drug-likeness (QED) is 0.603. The third kappa shape index (κ3) is 4.57. The van der Waals surface area contributed by atoms with Crippen LogP contribution in [0.15, 0.2) is 48.5 Å². The average Bonchev–Trinajstić information content (AvgIpc) is 2.64. The minimum atomic E-state index is -0.585. The molecule has 0 atom stereocenters. The Morgan fingerprint density at radius 1 is 0.926 bits per heavy atom. The molecule has 0 aliphatic heterocycles. The molecule has 0 aromatic heterocycles. The Labute approximate surface area is 161 Å². The number of amides is 2. The third-order valence-corrected chi connectivity index (χ3v) is 4.20. The Bertz CT molecular complexity index is 853. The van der Waals surface area contributed by atoms with Gasteiger partial charge in [0.1, 0.15) is 0 Å². The third-order valence-electron chi connectivity index (χ3n) is 4.20. The van der Waals surface area contributed by atoms with Crippen LogP contribution in [0.4, 0.5) is 0 Å². The molecule has 0 N–H and O–H groups in total. The van der Waals surface area contributed by atoms with Crippen LogP contribution in [-0.2, 0) is 0 Å². The second-order valence-electron chi connectivity index (χ2n) is 7.40. The van der Waals surface area contributed by atoms with Gasteiger partial charge in [-0.05, 0) is 71.0 Å². The monoisotopic (exact) mass is 362 g/mol. The van der Waals surface area contributed by atoms with Gasteiger partial charge in [0.2, 0.25) is 0 Å². The molecule has 2 amide bonds. The van der Waals surface area contributed by atoms with Crippen molar-refractivity contribution in [3.63, 3.8) is 0 Å². The van der Waals surface area contributed by atoms with Crippen LogP contribution in [0, 0.1) is 19.3 Å². The molecule has 140 valence electrons. The topological polar surface area (TPSA) is 40.6 Å². The van der Waals surface area contributed by atoms with Gasteiger partial charge >= 0.3 is 0 Å². The number of hydrogen-bond donors (Lipinski definition) is 0. The Morgan fingerprint density at radius 3 is 1.85 bits per heavy atom. The molecule has 4 nitrogen and oxygen atoms in total. The highest BCUT2D eigenvalue weighted by Gasteiger charge is 2.35. The van der Waals surface area contributed by atoms with Crippen molar-refractivity contribution in [3.05, 3.63) is 70.8 Å². The molecule has 0 bridgehead atoms. The SMILES string of the molecule is C#Cc1ccc(C(=O)N(N(CC)C(=O)c2ccc(C)cc2)C(C)(C)C)cc1. The fraction of sp³-hybridized carbons (Fsp3) is 0.304. The first-order valence-electron chi connectivity index (χ1n) is 8.98. The predicted molar refractivity (Wildman–Crippen MR) is 108 cm³/mol. The molecule has 0 saturated heterocycles. The van der Waals surface area contributed by atoms with Gasteiger partial charge in [0.25, 0.3) is 11.8 Å². The Kier molecular flexibility index (Phi) is 6.07. The van der Waals surface area contributed by atoms with E-state index in [1.165, 1.54) is 10.0 Å². The number of nitrogens with zero attached hydrogens (tertiary/aromatic N) is 2. The van der Waals surface area contributed by atoms with Crippen molar-refractivity contribution in [1.82, 2.24) is 10.0 Å². The van der Waals surface area contributed by atoms with Crippen molar-refractivity contribution in [2.45, 2.75) is 40.2 Å². The molecule has 0 saturated carbocycles. The van der Waals surface area contributed by atoms with E-state index in [9.17, 15) is 9.59 Å². The highest BCUT2D eigenvalue weighted by molar-refractivity contribution is 5.99. The minimum absolute atomic E-state index is 0.207. The van der Waals surface area contributed by atoms with E-state index < -0.39 is 5.54 Å². The Hall–Kier alpha value is -3.06. The van der Waals surface area contributed by atoms with E-state index in [2.05, 4.69) is 5.92 Å². The summed E-state index contributed by atoms with van der Waals surface area (Å²) in [6.45, 7) is 9.93.